The van der Waals surface area contributed by atoms with Crippen molar-refractivity contribution in [2.75, 3.05) is 19.7 Å². The van der Waals surface area contributed by atoms with Crippen LogP contribution in [-0.2, 0) is 0 Å². The lowest BCUT2D eigenvalue weighted by Crippen LogP contribution is -2.37. The normalized spacial score (nSPS) is 43.0. The summed E-state index contributed by atoms with van der Waals surface area (Å²) in [5.41, 5.74) is 0.160. The summed E-state index contributed by atoms with van der Waals surface area (Å²) >= 11 is 0. The van der Waals surface area contributed by atoms with E-state index in [9.17, 15) is 5.11 Å². The monoisotopic (exact) mass is 170 g/mol. The van der Waals surface area contributed by atoms with Crippen molar-refractivity contribution in [3.63, 3.8) is 0 Å². The Kier molecular flexibility index (Phi) is 2.10. The maximum atomic E-state index is 9.39. The highest BCUT2D eigenvalue weighted by Gasteiger charge is 2.46. The number of hydrazine groups is 1. The summed E-state index contributed by atoms with van der Waals surface area (Å²) in [6.07, 6.45) is 5.02. The van der Waals surface area contributed by atoms with E-state index in [-0.39, 0.29) is 5.41 Å². The van der Waals surface area contributed by atoms with Gasteiger partial charge in [0.15, 0.2) is 0 Å². The van der Waals surface area contributed by atoms with Gasteiger partial charge >= 0.3 is 0 Å². The summed E-state index contributed by atoms with van der Waals surface area (Å²) in [6.45, 7) is 2.21. The summed E-state index contributed by atoms with van der Waals surface area (Å²) < 4.78 is 0. The van der Waals surface area contributed by atoms with Gasteiger partial charge in [-0.3, -0.25) is 5.84 Å². The topological polar surface area (TPSA) is 49.5 Å². The van der Waals surface area contributed by atoms with Crippen molar-refractivity contribution in [1.82, 2.24) is 5.01 Å². The molecule has 0 aromatic carbocycles. The summed E-state index contributed by atoms with van der Waals surface area (Å²) in [5.74, 6) is 6.43. The fourth-order valence-corrected chi connectivity index (χ4v) is 2.88. The lowest BCUT2D eigenvalue weighted by atomic mass is 9.69. The molecule has 0 aromatic heterocycles. The Morgan fingerprint density at radius 3 is 3.00 bits per heavy atom. The standard InChI is InChI=1S/C9H18N2O/c10-11-5-8-3-1-2-4-9(8,6-11)7-12/h8,12H,1-7,10H2/t8-,9+/m0/s1. The molecule has 70 valence electrons. The largest absolute Gasteiger partial charge is 0.396 e. The molecule has 0 unspecified atom stereocenters. The molecule has 2 fully saturated rings. The molecule has 0 aromatic rings. The van der Waals surface area contributed by atoms with Crippen molar-refractivity contribution < 1.29 is 5.11 Å². The Morgan fingerprint density at radius 2 is 2.33 bits per heavy atom. The second-order valence-corrected chi connectivity index (χ2v) is 4.39. The second kappa shape index (κ2) is 2.98. The molecule has 3 N–H and O–H groups in total. The number of nitrogens with two attached hydrogens (primary N) is 1. The zero-order valence-corrected chi connectivity index (χ0v) is 7.50. The minimum absolute atomic E-state index is 0.160. The third-order valence-electron chi connectivity index (χ3n) is 3.63. The summed E-state index contributed by atoms with van der Waals surface area (Å²) in [6, 6.07) is 0. The van der Waals surface area contributed by atoms with E-state index in [4.69, 9.17) is 5.84 Å². The first-order valence-corrected chi connectivity index (χ1v) is 4.87. The lowest BCUT2D eigenvalue weighted by Gasteiger charge is -2.36. The first kappa shape index (κ1) is 8.48. The molecule has 1 heterocycles. The van der Waals surface area contributed by atoms with Crippen LogP contribution in [-0.4, -0.2) is 29.8 Å². The maximum absolute atomic E-state index is 9.39. The van der Waals surface area contributed by atoms with Crippen molar-refractivity contribution in [2.45, 2.75) is 25.7 Å². The molecule has 0 amide bonds. The molecule has 2 aliphatic rings. The minimum atomic E-state index is 0.160. The summed E-state index contributed by atoms with van der Waals surface area (Å²) in [5, 5.41) is 11.3. The van der Waals surface area contributed by atoms with E-state index in [0.29, 0.717) is 12.5 Å². The van der Waals surface area contributed by atoms with Gasteiger partial charge in [-0.2, -0.15) is 0 Å². The highest BCUT2D eigenvalue weighted by Crippen LogP contribution is 2.45. The van der Waals surface area contributed by atoms with Gasteiger partial charge in [0.2, 0.25) is 0 Å². The van der Waals surface area contributed by atoms with E-state index >= 15 is 0 Å². The molecule has 2 rings (SSSR count). The Bertz CT molecular complexity index is 174. The van der Waals surface area contributed by atoms with Crippen LogP contribution in [0, 0.1) is 11.3 Å². The number of rotatable bonds is 1. The van der Waals surface area contributed by atoms with Gasteiger partial charge in [-0.1, -0.05) is 12.8 Å². The molecule has 3 heteroatoms. The van der Waals surface area contributed by atoms with Gasteiger partial charge in [0, 0.05) is 18.5 Å². The molecule has 0 spiro atoms. The molecule has 12 heavy (non-hydrogen) atoms. The fourth-order valence-electron chi connectivity index (χ4n) is 2.88. The molecule has 1 aliphatic heterocycles. The zero-order valence-electron chi connectivity index (χ0n) is 7.50. The SMILES string of the molecule is NN1C[C@@H]2CCCC[C@]2(CO)C1. The van der Waals surface area contributed by atoms with Gasteiger partial charge in [0.25, 0.3) is 0 Å². The summed E-state index contributed by atoms with van der Waals surface area (Å²) in [4.78, 5) is 0. The average molecular weight is 170 g/mol. The Morgan fingerprint density at radius 1 is 1.50 bits per heavy atom. The van der Waals surface area contributed by atoms with Gasteiger partial charge in [-0.25, -0.2) is 5.01 Å². The highest BCUT2D eigenvalue weighted by atomic mass is 16.3. The van der Waals surface area contributed by atoms with Crippen molar-refractivity contribution >= 4 is 0 Å². The van der Waals surface area contributed by atoms with Gasteiger partial charge < -0.3 is 5.11 Å². The van der Waals surface area contributed by atoms with Crippen LogP contribution in [0.4, 0.5) is 0 Å². The van der Waals surface area contributed by atoms with Crippen molar-refractivity contribution in [3.8, 4) is 0 Å². The van der Waals surface area contributed by atoms with Gasteiger partial charge in [-0.05, 0) is 18.8 Å². The Hall–Kier alpha value is -0.120. The predicted octanol–water partition coefficient (Wildman–Crippen LogP) is 0.345. The van der Waals surface area contributed by atoms with Crippen molar-refractivity contribution in [3.05, 3.63) is 0 Å². The van der Waals surface area contributed by atoms with Crippen LogP contribution in [0.3, 0.4) is 0 Å². The van der Waals surface area contributed by atoms with Crippen molar-refractivity contribution in [1.29, 1.82) is 0 Å². The van der Waals surface area contributed by atoms with Crippen LogP contribution in [0.2, 0.25) is 0 Å². The number of fused-ring (bicyclic) bond motifs is 1. The van der Waals surface area contributed by atoms with E-state index in [0.717, 1.165) is 13.1 Å². The van der Waals surface area contributed by atoms with Crippen LogP contribution in [0.15, 0.2) is 0 Å². The smallest absolute Gasteiger partial charge is 0.0503 e. The van der Waals surface area contributed by atoms with Gasteiger partial charge in [0.1, 0.15) is 0 Å². The first-order chi connectivity index (χ1) is 5.77. The third-order valence-corrected chi connectivity index (χ3v) is 3.63. The fraction of sp³-hybridized carbons (Fsp3) is 1.00. The van der Waals surface area contributed by atoms with E-state index in [1.54, 1.807) is 0 Å². The quantitative estimate of drug-likeness (QED) is 0.558. The van der Waals surface area contributed by atoms with Crippen LogP contribution in [0.25, 0.3) is 0 Å². The predicted molar refractivity (Wildman–Crippen MR) is 47.2 cm³/mol. The molecule has 3 nitrogen and oxygen atoms in total. The third kappa shape index (κ3) is 1.16. The number of hydrogen-bond acceptors (Lipinski definition) is 3. The molecule has 0 radical (unpaired) electrons. The number of nitrogens with zero attached hydrogens (tertiary/aromatic N) is 1. The van der Waals surface area contributed by atoms with Crippen LogP contribution >= 0.6 is 0 Å². The van der Waals surface area contributed by atoms with Crippen molar-refractivity contribution in [2.24, 2.45) is 17.2 Å². The first-order valence-electron chi connectivity index (χ1n) is 4.87. The number of aliphatic hydroxyl groups is 1. The zero-order chi connectivity index (χ0) is 8.60. The number of aliphatic hydroxyl groups excluding tert-OH is 1. The number of hydrogen-bond donors (Lipinski definition) is 2. The molecular weight excluding hydrogens is 152 g/mol. The second-order valence-electron chi connectivity index (χ2n) is 4.39. The van der Waals surface area contributed by atoms with E-state index < -0.39 is 0 Å². The Balaban J connectivity index is 2.14. The van der Waals surface area contributed by atoms with Crippen LogP contribution in [0.5, 0.6) is 0 Å². The van der Waals surface area contributed by atoms with Crippen LogP contribution in [0.1, 0.15) is 25.7 Å². The summed E-state index contributed by atoms with van der Waals surface area (Å²) in [7, 11) is 0. The minimum Gasteiger partial charge on any atom is -0.396 e. The molecule has 0 bridgehead atoms. The molecule has 1 saturated carbocycles. The van der Waals surface area contributed by atoms with Gasteiger partial charge in [0.05, 0.1) is 6.61 Å². The van der Waals surface area contributed by atoms with E-state index in [1.165, 1.54) is 25.7 Å². The lowest BCUT2D eigenvalue weighted by molar-refractivity contribution is 0.0583. The maximum Gasteiger partial charge on any atom is 0.0503 e. The van der Waals surface area contributed by atoms with Crippen LogP contribution < -0.4 is 5.84 Å². The average Bonchev–Trinajstić information content (AvgIpc) is 2.41. The highest BCUT2D eigenvalue weighted by molar-refractivity contribution is 4.96. The van der Waals surface area contributed by atoms with E-state index in [1.807, 2.05) is 5.01 Å². The van der Waals surface area contributed by atoms with Gasteiger partial charge in [-0.15, -0.1) is 0 Å². The molecule has 1 saturated heterocycles. The molecule has 1 aliphatic carbocycles. The Labute approximate surface area is 73.5 Å². The molecular formula is C9H18N2O. The van der Waals surface area contributed by atoms with E-state index in [2.05, 4.69) is 0 Å². The molecule has 2 atom stereocenters.